The molecule has 5 nitrogen and oxygen atoms in total. The highest BCUT2D eigenvalue weighted by Crippen LogP contribution is 2.31. The van der Waals surface area contributed by atoms with E-state index in [9.17, 15) is 4.79 Å². The maximum atomic E-state index is 12.1. The van der Waals surface area contributed by atoms with Crippen LogP contribution in [-0.2, 0) is 11.3 Å². The molecule has 5 heteroatoms. The highest BCUT2D eigenvalue weighted by molar-refractivity contribution is 6.06. The molecule has 4 rings (SSSR count). The predicted molar refractivity (Wildman–Crippen MR) is 86.4 cm³/mol. The molecular weight excluding hydrogens is 292 g/mol. The number of aromatic nitrogens is 2. The van der Waals surface area contributed by atoms with Gasteiger partial charge >= 0.3 is 5.97 Å². The van der Waals surface area contributed by atoms with Gasteiger partial charge in [-0.2, -0.15) is 0 Å². The number of carbonyl (C=O) groups excluding carboxylic acids is 1. The van der Waals surface area contributed by atoms with Crippen LogP contribution in [0, 0.1) is 0 Å². The van der Waals surface area contributed by atoms with E-state index in [0.29, 0.717) is 17.8 Å². The molecule has 0 unspecified atom stereocenters. The number of furan rings is 1. The fraction of sp³-hybridized carbons (Fsp3) is 0.111. The van der Waals surface area contributed by atoms with Gasteiger partial charge in [-0.3, -0.25) is 4.98 Å². The van der Waals surface area contributed by atoms with Gasteiger partial charge in [-0.15, -0.1) is 0 Å². The van der Waals surface area contributed by atoms with Crippen LogP contribution < -0.4 is 0 Å². The molecular formula is C18H14N2O3. The first-order chi connectivity index (χ1) is 11.3. The summed E-state index contributed by atoms with van der Waals surface area (Å²) in [5.41, 5.74) is 3.83. The van der Waals surface area contributed by atoms with Gasteiger partial charge < -0.3 is 13.7 Å². The summed E-state index contributed by atoms with van der Waals surface area (Å²) in [4.78, 5) is 16.3. The third-order valence-electron chi connectivity index (χ3n) is 3.90. The van der Waals surface area contributed by atoms with Crippen molar-refractivity contribution < 1.29 is 13.9 Å². The molecule has 23 heavy (non-hydrogen) atoms. The number of pyridine rings is 1. The smallest absolute Gasteiger partial charge is 0.354 e. The number of fused-ring (bicyclic) bond motifs is 3. The van der Waals surface area contributed by atoms with Gasteiger partial charge in [-0.25, -0.2) is 4.79 Å². The number of ether oxygens (including phenoxy) is 1. The Morgan fingerprint density at radius 1 is 1.22 bits per heavy atom. The summed E-state index contributed by atoms with van der Waals surface area (Å²) >= 11 is 0. The highest BCUT2D eigenvalue weighted by Gasteiger charge is 2.21. The van der Waals surface area contributed by atoms with Crippen LogP contribution in [0.25, 0.3) is 22.1 Å². The van der Waals surface area contributed by atoms with Crippen molar-refractivity contribution in [3.63, 3.8) is 0 Å². The number of benzene rings is 1. The lowest BCUT2D eigenvalue weighted by molar-refractivity contribution is 0.0589. The third kappa shape index (κ3) is 2.17. The molecule has 1 aromatic carbocycles. The van der Waals surface area contributed by atoms with E-state index in [0.717, 1.165) is 22.0 Å². The highest BCUT2D eigenvalue weighted by atomic mass is 16.5. The number of methoxy groups -OCH3 is 1. The summed E-state index contributed by atoms with van der Waals surface area (Å²) in [7, 11) is 1.38. The molecule has 0 amide bonds. The van der Waals surface area contributed by atoms with Crippen LogP contribution in [0.4, 0.5) is 0 Å². The van der Waals surface area contributed by atoms with Gasteiger partial charge in [0.1, 0.15) is 11.3 Å². The average molecular weight is 306 g/mol. The van der Waals surface area contributed by atoms with E-state index >= 15 is 0 Å². The Morgan fingerprint density at radius 2 is 2.04 bits per heavy atom. The molecule has 0 N–H and O–H groups in total. The van der Waals surface area contributed by atoms with E-state index in [4.69, 9.17) is 9.15 Å². The summed E-state index contributed by atoms with van der Waals surface area (Å²) in [5.74, 6) is -0.385. The van der Waals surface area contributed by atoms with E-state index in [1.165, 1.54) is 7.11 Å². The number of nitrogens with zero attached hydrogens (tertiary/aromatic N) is 2. The van der Waals surface area contributed by atoms with E-state index in [1.54, 1.807) is 18.5 Å². The SMILES string of the molecule is COC(=O)c1cc2oc3ccncc3c2n1Cc1ccccc1. The first-order valence-electron chi connectivity index (χ1n) is 7.26. The Bertz CT molecular complexity index is 999. The maximum Gasteiger partial charge on any atom is 0.354 e. The number of carbonyl (C=O) groups is 1. The van der Waals surface area contributed by atoms with Gasteiger partial charge in [0.15, 0.2) is 5.58 Å². The van der Waals surface area contributed by atoms with Gasteiger partial charge in [0.2, 0.25) is 0 Å². The van der Waals surface area contributed by atoms with Gasteiger partial charge in [0, 0.05) is 25.0 Å². The summed E-state index contributed by atoms with van der Waals surface area (Å²) in [6, 6.07) is 13.5. The summed E-state index contributed by atoms with van der Waals surface area (Å²) in [6.45, 7) is 0.554. The van der Waals surface area contributed by atoms with Gasteiger partial charge in [0.25, 0.3) is 0 Å². The third-order valence-corrected chi connectivity index (χ3v) is 3.90. The largest absolute Gasteiger partial charge is 0.464 e. The Balaban J connectivity index is 1.98. The van der Waals surface area contributed by atoms with Crippen LogP contribution in [-0.4, -0.2) is 22.6 Å². The molecule has 0 bridgehead atoms. The molecule has 0 saturated carbocycles. The Labute approximate surface area is 132 Å². The van der Waals surface area contributed by atoms with E-state index in [-0.39, 0.29) is 5.97 Å². The molecule has 114 valence electrons. The number of hydrogen-bond donors (Lipinski definition) is 0. The fourth-order valence-electron chi connectivity index (χ4n) is 2.85. The normalized spacial score (nSPS) is 11.2. The maximum absolute atomic E-state index is 12.1. The second-order valence-electron chi connectivity index (χ2n) is 5.28. The second kappa shape index (κ2) is 5.28. The molecule has 0 aliphatic heterocycles. The zero-order valence-corrected chi connectivity index (χ0v) is 12.5. The van der Waals surface area contributed by atoms with Crippen molar-refractivity contribution in [3.8, 4) is 0 Å². The zero-order chi connectivity index (χ0) is 15.8. The zero-order valence-electron chi connectivity index (χ0n) is 12.5. The molecule has 0 radical (unpaired) electrons. The van der Waals surface area contributed by atoms with Gasteiger partial charge in [-0.05, 0) is 11.6 Å². The Hall–Kier alpha value is -3.08. The summed E-state index contributed by atoms with van der Waals surface area (Å²) in [6.07, 6.45) is 3.44. The standard InChI is InChI=1S/C18H14N2O3/c1-22-18(21)14-9-16-17(13-10-19-8-7-15(13)23-16)20(14)11-12-5-3-2-4-6-12/h2-10H,11H2,1H3. The minimum atomic E-state index is -0.385. The predicted octanol–water partition coefficient (Wildman–Crippen LogP) is 3.62. The first kappa shape index (κ1) is 13.6. The lowest BCUT2D eigenvalue weighted by Gasteiger charge is -2.09. The van der Waals surface area contributed by atoms with Crippen LogP contribution in [0.5, 0.6) is 0 Å². The van der Waals surface area contributed by atoms with Crippen molar-refractivity contribution in [1.29, 1.82) is 0 Å². The monoisotopic (exact) mass is 306 g/mol. The lowest BCUT2D eigenvalue weighted by Crippen LogP contribution is -2.11. The fourth-order valence-corrected chi connectivity index (χ4v) is 2.85. The topological polar surface area (TPSA) is 57.3 Å². The van der Waals surface area contributed by atoms with Crippen molar-refractivity contribution in [2.24, 2.45) is 0 Å². The molecule has 4 aromatic rings. The first-order valence-corrected chi connectivity index (χ1v) is 7.26. The minimum Gasteiger partial charge on any atom is -0.464 e. The molecule has 3 heterocycles. The lowest BCUT2D eigenvalue weighted by atomic mass is 10.2. The van der Waals surface area contributed by atoms with E-state index < -0.39 is 0 Å². The summed E-state index contributed by atoms with van der Waals surface area (Å²) < 4.78 is 12.7. The van der Waals surface area contributed by atoms with Crippen LogP contribution in [0.15, 0.2) is 59.3 Å². The van der Waals surface area contributed by atoms with Crippen LogP contribution in [0.3, 0.4) is 0 Å². The van der Waals surface area contributed by atoms with Gasteiger partial charge in [-0.1, -0.05) is 30.3 Å². The molecule has 0 aliphatic carbocycles. The molecule has 3 aromatic heterocycles. The van der Waals surface area contributed by atoms with E-state index in [1.807, 2.05) is 41.0 Å². The molecule has 0 fully saturated rings. The summed E-state index contributed by atoms with van der Waals surface area (Å²) in [5, 5.41) is 0.883. The van der Waals surface area contributed by atoms with Crippen molar-refractivity contribution in [2.75, 3.05) is 7.11 Å². The quantitative estimate of drug-likeness (QED) is 0.542. The molecule has 0 saturated heterocycles. The average Bonchev–Trinajstić information content (AvgIpc) is 3.12. The Morgan fingerprint density at radius 3 is 2.83 bits per heavy atom. The van der Waals surface area contributed by atoms with Crippen LogP contribution in [0.2, 0.25) is 0 Å². The molecule has 0 aliphatic rings. The van der Waals surface area contributed by atoms with Crippen molar-refractivity contribution in [1.82, 2.24) is 9.55 Å². The number of rotatable bonds is 3. The van der Waals surface area contributed by atoms with Crippen LogP contribution in [0.1, 0.15) is 16.1 Å². The van der Waals surface area contributed by atoms with Crippen LogP contribution >= 0.6 is 0 Å². The number of hydrogen-bond acceptors (Lipinski definition) is 4. The number of esters is 1. The van der Waals surface area contributed by atoms with Crippen molar-refractivity contribution in [3.05, 3.63) is 66.1 Å². The molecule has 0 spiro atoms. The molecule has 0 atom stereocenters. The van der Waals surface area contributed by atoms with Crippen molar-refractivity contribution >= 4 is 28.0 Å². The van der Waals surface area contributed by atoms with E-state index in [2.05, 4.69) is 4.98 Å². The second-order valence-corrected chi connectivity index (χ2v) is 5.28. The Kier molecular flexibility index (Phi) is 3.12. The van der Waals surface area contributed by atoms with Crippen molar-refractivity contribution in [2.45, 2.75) is 6.54 Å². The van der Waals surface area contributed by atoms with Gasteiger partial charge in [0.05, 0.1) is 18.0 Å². The minimum absolute atomic E-state index is 0.385.